The minimum Gasteiger partial charge on any atom is -0.343 e. The summed E-state index contributed by atoms with van der Waals surface area (Å²) in [5.41, 5.74) is 2.19. The van der Waals surface area contributed by atoms with E-state index < -0.39 is 0 Å². The zero-order valence-corrected chi connectivity index (χ0v) is 12.3. The van der Waals surface area contributed by atoms with Gasteiger partial charge in [0.05, 0.1) is 6.54 Å². The molecule has 0 aliphatic carbocycles. The van der Waals surface area contributed by atoms with Crippen molar-refractivity contribution in [2.24, 2.45) is 0 Å². The summed E-state index contributed by atoms with van der Waals surface area (Å²) in [7, 11) is 0. The van der Waals surface area contributed by atoms with Gasteiger partial charge in [0.2, 0.25) is 5.91 Å². The second-order valence-corrected chi connectivity index (χ2v) is 5.04. The van der Waals surface area contributed by atoms with E-state index in [-0.39, 0.29) is 18.4 Å². The van der Waals surface area contributed by atoms with E-state index in [1.54, 1.807) is 36.4 Å². The fourth-order valence-corrected chi connectivity index (χ4v) is 1.93. The van der Waals surface area contributed by atoms with Gasteiger partial charge in [0.1, 0.15) is 0 Å². The van der Waals surface area contributed by atoms with Crippen molar-refractivity contribution in [1.29, 1.82) is 0 Å². The highest BCUT2D eigenvalue weighted by atomic mass is 35.5. The normalized spacial score (nSPS) is 10.0. The molecule has 2 N–H and O–H groups in total. The predicted molar refractivity (Wildman–Crippen MR) is 83.6 cm³/mol. The van der Waals surface area contributed by atoms with Gasteiger partial charge in [-0.15, -0.1) is 0 Å². The highest BCUT2D eigenvalue weighted by Crippen LogP contribution is 2.14. The molecule has 0 fully saturated rings. The van der Waals surface area contributed by atoms with Crippen LogP contribution in [0.2, 0.25) is 5.02 Å². The number of carbonyl (C=O) groups excluding carboxylic acids is 2. The van der Waals surface area contributed by atoms with Gasteiger partial charge in [0, 0.05) is 16.3 Å². The lowest BCUT2D eigenvalue weighted by molar-refractivity contribution is -0.115. The molecule has 5 heteroatoms. The number of carbonyl (C=O) groups is 2. The first-order valence-electron chi connectivity index (χ1n) is 6.45. The van der Waals surface area contributed by atoms with Crippen LogP contribution in [0.25, 0.3) is 0 Å². The number of amides is 2. The summed E-state index contributed by atoms with van der Waals surface area (Å²) in [5.74, 6) is -0.589. The van der Waals surface area contributed by atoms with Crippen LogP contribution in [0.5, 0.6) is 0 Å². The van der Waals surface area contributed by atoms with E-state index in [2.05, 4.69) is 10.6 Å². The fraction of sp³-hybridized carbons (Fsp3) is 0.125. The minimum absolute atomic E-state index is 0.0980. The lowest BCUT2D eigenvalue weighted by atomic mass is 10.1. The van der Waals surface area contributed by atoms with Crippen LogP contribution < -0.4 is 10.6 Å². The standard InChI is InChI=1S/C16H15ClN2O2/c1-11-5-7-12(8-6-11)16(21)18-10-15(20)19-14-4-2-3-13(17)9-14/h2-9H,10H2,1H3,(H,18,21)(H,19,20). The van der Waals surface area contributed by atoms with Gasteiger partial charge < -0.3 is 10.6 Å². The van der Waals surface area contributed by atoms with Gasteiger partial charge in [-0.25, -0.2) is 0 Å². The van der Waals surface area contributed by atoms with Crippen molar-refractivity contribution in [2.45, 2.75) is 6.92 Å². The van der Waals surface area contributed by atoms with E-state index in [0.717, 1.165) is 5.56 Å². The molecule has 0 spiro atoms. The Bertz CT molecular complexity index is 654. The van der Waals surface area contributed by atoms with E-state index in [4.69, 9.17) is 11.6 Å². The molecule has 0 saturated heterocycles. The largest absolute Gasteiger partial charge is 0.343 e. The van der Waals surface area contributed by atoms with Gasteiger partial charge in [-0.05, 0) is 37.3 Å². The van der Waals surface area contributed by atoms with E-state index in [1.807, 2.05) is 19.1 Å². The number of halogens is 1. The van der Waals surface area contributed by atoms with Crippen LogP contribution in [0.1, 0.15) is 15.9 Å². The number of hydrogen-bond donors (Lipinski definition) is 2. The number of nitrogens with one attached hydrogen (secondary N) is 2. The van der Waals surface area contributed by atoms with Crippen LogP contribution in [-0.2, 0) is 4.79 Å². The maximum absolute atomic E-state index is 11.9. The van der Waals surface area contributed by atoms with E-state index in [1.165, 1.54) is 0 Å². The molecule has 0 radical (unpaired) electrons. The van der Waals surface area contributed by atoms with Gasteiger partial charge in [-0.1, -0.05) is 35.4 Å². The Morgan fingerprint density at radius 2 is 1.81 bits per heavy atom. The molecule has 0 bridgehead atoms. The summed E-state index contributed by atoms with van der Waals surface area (Å²) < 4.78 is 0. The first-order chi connectivity index (χ1) is 10.0. The smallest absolute Gasteiger partial charge is 0.251 e. The molecular weight excluding hydrogens is 288 g/mol. The topological polar surface area (TPSA) is 58.2 Å². The van der Waals surface area contributed by atoms with Gasteiger partial charge in [-0.3, -0.25) is 9.59 Å². The lowest BCUT2D eigenvalue weighted by Crippen LogP contribution is -2.32. The second-order valence-electron chi connectivity index (χ2n) is 4.61. The molecule has 2 aromatic carbocycles. The number of rotatable bonds is 4. The Kier molecular flexibility index (Phi) is 4.95. The molecule has 0 aromatic heterocycles. The first kappa shape index (κ1) is 15.1. The third kappa shape index (κ3) is 4.61. The molecule has 0 heterocycles. The summed E-state index contributed by atoms with van der Waals surface area (Å²) in [5, 5.41) is 5.77. The zero-order valence-electron chi connectivity index (χ0n) is 11.5. The Morgan fingerprint density at radius 1 is 1.10 bits per heavy atom. The molecule has 0 aliphatic rings. The Labute approximate surface area is 128 Å². The van der Waals surface area contributed by atoms with Gasteiger partial charge in [0.25, 0.3) is 5.91 Å². The molecule has 0 saturated carbocycles. The molecule has 2 aromatic rings. The maximum atomic E-state index is 11.9. The van der Waals surface area contributed by atoms with Crippen LogP contribution in [0, 0.1) is 6.92 Å². The first-order valence-corrected chi connectivity index (χ1v) is 6.83. The Morgan fingerprint density at radius 3 is 2.48 bits per heavy atom. The minimum atomic E-state index is -0.308. The van der Waals surface area contributed by atoms with Crippen molar-refractivity contribution >= 4 is 29.1 Å². The highest BCUT2D eigenvalue weighted by Gasteiger charge is 2.08. The number of benzene rings is 2. The van der Waals surface area contributed by atoms with Crippen molar-refractivity contribution in [3.05, 3.63) is 64.7 Å². The van der Waals surface area contributed by atoms with Crippen LogP contribution in [-0.4, -0.2) is 18.4 Å². The summed E-state index contributed by atoms with van der Waals surface area (Å²) >= 11 is 5.83. The maximum Gasteiger partial charge on any atom is 0.251 e. The van der Waals surface area contributed by atoms with E-state index in [0.29, 0.717) is 16.3 Å². The summed E-state index contributed by atoms with van der Waals surface area (Å²) in [6, 6.07) is 14.0. The zero-order chi connectivity index (χ0) is 15.2. The van der Waals surface area contributed by atoms with Crippen LogP contribution in [0.4, 0.5) is 5.69 Å². The summed E-state index contributed by atoms with van der Waals surface area (Å²) in [6.07, 6.45) is 0. The third-order valence-corrected chi connectivity index (χ3v) is 3.07. The van der Waals surface area contributed by atoms with Crippen molar-refractivity contribution in [1.82, 2.24) is 5.32 Å². The molecule has 0 atom stereocenters. The van der Waals surface area contributed by atoms with Crippen molar-refractivity contribution < 1.29 is 9.59 Å². The monoisotopic (exact) mass is 302 g/mol. The molecule has 0 unspecified atom stereocenters. The summed E-state index contributed by atoms with van der Waals surface area (Å²) in [4.78, 5) is 23.6. The Hall–Kier alpha value is -2.33. The molecule has 4 nitrogen and oxygen atoms in total. The molecule has 2 rings (SSSR count). The number of aryl methyl sites for hydroxylation is 1. The van der Waals surface area contributed by atoms with Gasteiger partial charge in [-0.2, -0.15) is 0 Å². The fourth-order valence-electron chi connectivity index (χ4n) is 1.74. The average molecular weight is 303 g/mol. The second kappa shape index (κ2) is 6.90. The van der Waals surface area contributed by atoms with Crippen LogP contribution in [0.3, 0.4) is 0 Å². The van der Waals surface area contributed by atoms with Crippen LogP contribution in [0.15, 0.2) is 48.5 Å². The number of anilines is 1. The van der Waals surface area contributed by atoms with Gasteiger partial charge >= 0.3 is 0 Å². The van der Waals surface area contributed by atoms with Crippen LogP contribution >= 0.6 is 11.6 Å². The molecule has 2 amide bonds. The quantitative estimate of drug-likeness (QED) is 0.912. The molecular formula is C16H15ClN2O2. The highest BCUT2D eigenvalue weighted by molar-refractivity contribution is 6.30. The van der Waals surface area contributed by atoms with Crippen molar-refractivity contribution in [2.75, 3.05) is 11.9 Å². The van der Waals surface area contributed by atoms with E-state index in [9.17, 15) is 9.59 Å². The van der Waals surface area contributed by atoms with Crippen molar-refractivity contribution in [3.63, 3.8) is 0 Å². The number of hydrogen-bond acceptors (Lipinski definition) is 2. The van der Waals surface area contributed by atoms with Gasteiger partial charge in [0.15, 0.2) is 0 Å². The lowest BCUT2D eigenvalue weighted by Gasteiger charge is -2.07. The average Bonchev–Trinajstić information content (AvgIpc) is 2.45. The third-order valence-electron chi connectivity index (χ3n) is 2.83. The SMILES string of the molecule is Cc1ccc(C(=O)NCC(=O)Nc2cccc(Cl)c2)cc1. The van der Waals surface area contributed by atoms with Crippen molar-refractivity contribution in [3.8, 4) is 0 Å². The molecule has 21 heavy (non-hydrogen) atoms. The van der Waals surface area contributed by atoms with E-state index >= 15 is 0 Å². The summed E-state index contributed by atoms with van der Waals surface area (Å²) in [6.45, 7) is 1.85. The predicted octanol–water partition coefficient (Wildman–Crippen LogP) is 3.02. The molecule has 0 aliphatic heterocycles. The Balaban J connectivity index is 1.86. The molecule has 108 valence electrons.